The number of benzene rings is 1. The molecule has 2 unspecified atom stereocenters. The maximum absolute atomic E-state index is 13.8. The fourth-order valence-electron chi connectivity index (χ4n) is 2.26. The number of halogens is 2. The minimum atomic E-state index is -0.571. The Labute approximate surface area is 105 Å². The Morgan fingerprint density at radius 3 is 2.83 bits per heavy atom. The molecule has 18 heavy (non-hydrogen) atoms. The first kappa shape index (κ1) is 12.8. The lowest BCUT2D eigenvalue weighted by Crippen LogP contribution is -2.42. The van der Waals surface area contributed by atoms with Crippen molar-refractivity contribution in [3.63, 3.8) is 0 Å². The molecule has 1 aromatic carbocycles. The van der Waals surface area contributed by atoms with Crippen molar-refractivity contribution in [2.24, 2.45) is 10.7 Å². The summed E-state index contributed by atoms with van der Waals surface area (Å²) in [6, 6.07) is 3.57. The van der Waals surface area contributed by atoms with Crippen LogP contribution in [0.1, 0.15) is 31.9 Å². The van der Waals surface area contributed by atoms with Gasteiger partial charge in [0.1, 0.15) is 11.6 Å². The van der Waals surface area contributed by atoms with Gasteiger partial charge in [0.25, 0.3) is 0 Å². The van der Waals surface area contributed by atoms with Crippen LogP contribution in [0.3, 0.4) is 0 Å². The van der Waals surface area contributed by atoms with Gasteiger partial charge in [0, 0.05) is 17.7 Å². The highest BCUT2D eigenvalue weighted by atomic mass is 19.1. The molecule has 0 saturated heterocycles. The molecule has 0 radical (unpaired) electrons. The van der Waals surface area contributed by atoms with Crippen LogP contribution in [-0.2, 0) is 0 Å². The molecule has 2 atom stereocenters. The molecule has 0 aromatic heterocycles. The predicted octanol–water partition coefficient (Wildman–Crippen LogP) is 2.43. The first-order valence-electron chi connectivity index (χ1n) is 6.07. The molecule has 1 aliphatic heterocycles. The Morgan fingerprint density at radius 2 is 2.22 bits per heavy atom. The topological polar surface area (TPSA) is 41.6 Å². The Bertz CT molecular complexity index is 473. The van der Waals surface area contributed by atoms with Crippen molar-refractivity contribution in [3.8, 4) is 0 Å². The maximum atomic E-state index is 13.8. The predicted molar refractivity (Wildman–Crippen MR) is 67.2 cm³/mol. The Morgan fingerprint density at radius 1 is 1.50 bits per heavy atom. The highest BCUT2D eigenvalue weighted by molar-refractivity contribution is 5.80. The van der Waals surface area contributed by atoms with E-state index < -0.39 is 11.6 Å². The van der Waals surface area contributed by atoms with Crippen LogP contribution in [0.5, 0.6) is 0 Å². The summed E-state index contributed by atoms with van der Waals surface area (Å²) in [7, 11) is 0. The normalized spacial score (nSPS) is 21.0. The molecule has 0 amide bonds. The number of rotatable bonds is 3. The number of nitrogens with zero attached hydrogens (tertiary/aromatic N) is 2. The minimum absolute atomic E-state index is 0.172. The number of guanidine groups is 1. The third kappa shape index (κ3) is 2.17. The third-order valence-electron chi connectivity index (χ3n) is 3.41. The summed E-state index contributed by atoms with van der Waals surface area (Å²) in [5.74, 6) is -0.686. The SMILES string of the molecule is CCC(C)N1C(N)=NCC1c1ccc(F)cc1F. The quantitative estimate of drug-likeness (QED) is 0.899. The molecule has 0 saturated carbocycles. The van der Waals surface area contributed by atoms with E-state index in [-0.39, 0.29) is 12.1 Å². The van der Waals surface area contributed by atoms with Crippen molar-refractivity contribution in [2.75, 3.05) is 6.54 Å². The number of hydrogen-bond acceptors (Lipinski definition) is 3. The average Bonchev–Trinajstić information content (AvgIpc) is 2.70. The fourth-order valence-corrected chi connectivity index (χ4v) is 2.26. The van der Waals surface area contributed by atoms with Gasteiger partial charge in [-0.25, -0.2) is 8.78 Å². The van der Waals surface area contributed by atoms with Crippen molar-refractivity contribution < 1.29 is 8.78 Å². The smallest absolute Gasteiger partial charge is 0.192 e. The molecule has 0 aliphatic carbocycles. The van der Waals surface area contributed by atoms with Gasteiger partial charge in [0.2, 0.25) is 0 Å². The average molecular weight is 253 g/mol. The van der Waals surface area contributed by atoms with Gasteiger partial charge in [-0.1, -0.05) is 13.0 Å². The summed E-state index contributed by atoms with van der Waals surface area (Å²) in [4.78, 5) is 6.07. The number of aliphatic imine (C=N–C) groups is 1. The second-order valence-electron chi connectivity index (χ2n) is 4.55. The lowest BCUT2D eigenvalue weighted by atomic mass is 10.0. The number of hydrogen-bond donors (Lipinski definition) is 1. The standard InChI is InChI=1S/C13H17F2N3/c1-3-8(2)18-12(7-17-13(18)16)10-5-4-9(14)6-11(10)15/h4-6,8,12H,3,7H2,1-2H3,(H2,16,17). The van der Waals surface area contributed by atoms with Crippen molar-refractivity contribution in [1.29, 1.82) is 0 Å². The van der Waals surface area contributed by atoms with Gasteiger partial charge < -0.3 is 10.6 Å². The molecule has 1 aromatic rings. The molecule has 0 fully saturated rings. The second-order valence-corrected chi connectivity index (χ2v) is 4.55. The first-order chi connectivity index (χ1) is 8.54. The zero-order valence-electron chi connectivity index (χ0n) is 10.5. The van der Waals surface area contributed by atoms with Crippen molar-refractivity contribution >= 4 is 5.96 Å². The van der Waals surface area contributed by atoms with Crippen LogP contribution in [0.4, 0.5) is 8.78 Å². The van der Waals surface area contributed by atoms with Crippen LogP contribution in [0.25, 0.3) is 0 Å². The summed E-state index contributed by atoms with van der Waals surface area (Å²) in [5, 5.41) is 0. The molecule has 3 nitrogen and oxygen atoms in total. The summed E-state index contributed by atoms with van der Waals surface area (Å²) < 4.78 is 26.7. The van der Waals surface area contributed by atoms with E-state index in [1.165, 1.54) is 12.1 Å². The van der Waals surface area contributed by atoms with E-state index in [0.717, 1.165) is 12.5 Å². The number of nitrogens with two attached hydrogens (primary N) is 1. The highest BCUT2D eigenvalue weighted by Gasteiger charge is 2.32. The van der Waals surface area contributed by atoms with E-state index >= 15 is 0 Å². The molecule has 5 heteroatoms. The summed E-state index contributed by atoms with van der Waals surface area (Å²) in [6.07, 6.45) is 0.884. The molecular formula is C13H17F2N3. The fraction of sp³-hybridized carbons (Fsp3) is 0.462. The van der Waals surface area contributed by atoms with Crippen LogP contribution >= 0.6 is 0 Å². The van der Waals surface area contributed by atoms with Gasteiger partial charge in [-0.15, -0.1) is 0 Å². The maximum Gasteiger partial charge on any atom is 0.192 e. The zero-order chi connectivity index (χ0) is 13.3. The van der Waals surface area contributed by atoms with E-state index in [9.17, 15) is 8.78 Å². The van der Waals surface area contributed by atoms with Gasteiger partial charge >= 0.3 is 0 Å². The summed E-state index contributed by atoms with van der Waals surface area (Å²) in [5.41, 5.74) is 6.29. The van der Waals surface area contributed by atoms with Gasteiger partial charge in [-0.05, 0) is 19.4 Å². The zero-order valence-corrected chi connectivity index (χ0v) is 10.5. The van der Waals surface area contributed by atoms with Crippen molar-refractivity contribution in [3.05, 3.63) is 35.4 Å². The highest BCUT2D eigenvalue weighted by Crippen LogP contribution is 2.30. The Hall–Kier alpha value is -1.65. The monoisotopic (exact) mass is 253 g/mol. The third-order valence-corrected chi connectivity index (χ3v) is 3.41. The lowest BCUT2D eigenvalue weighted by molar-refractivity contribution is 0.263. The Kier molecular flexibility index (Phi) is 3.50. The molecule has 0 bridgehead atoms. The summed E-state index contributed by atoms with van der Waals surface area (Å²) >= 11 is 0. The van der Waals surface area contributed by atoms with Crippen molar-refractivity contribution in [1.82, 2.24) is 4.90 Å². The lowest BCUT2D eigenvalue weighted by Gasteiger charge is -2.32. The largest absolute Gasteiger partial charge is 0.370 e. The van der Waals surface area contributed by atoms with Gasteiger partial charge in [-0.3, -0.25) is 4.99 Å². The van der Waals surface area contributed by atoms with Gasteiger partial charge in [0.15, 0.2) is 5.96 Å². The van der Waals surface area contributed by atoms with Gasteiger partial charge in [-0.2, -0.15) is 0 Å². The molecular weight excluding hydrogens is 236 g/mol. The Balaban J connectivity index is 2.33. The summed E-state index contributed by atoms with van der Waals surface area (Å²) in [6.45, 7) is 4.47. The van der Waals surface area contributed by atoms with E-state index in [4.69, 9.17) is 5.73 Å². The molecule has 2 rings (SSSR count). The molecule has 1 heterocycles. The van der Waals surface area contributed by atoms with E-state index in [1.54, 1.807) is 0 Å². The molecule has 2 N–H and O–H groups in total. The second kappa shape index (κ2) is 4.92. The van der Waals surface area contributed by atoms with Crippen LogP contribution < -0.4 is 5.73 Å². The van der Waals surface area contributed by atoms with Crippen LogP contribution in [0.15, 0.2) is 23.2 Å². The van der Waals surface area contributed by atoms with E-state index in [0.29, 0.717) is 18.1 Å². The van der Waals surface area contributed by atoms with E-state index in [2.05, 4.69) is 4.99 Å². The first-order valence-corrected chi connectivity index (χ1v) is 6.07. The van der Waals surface area contributed by atoms with Crippen LogP contribution in [0.2, 0.25) is 0 Å². The van der Waals surface area contributed by atoms with Crippen LogP contribution in [0, 0.1) is 11.6 Å². The van der Waals surface area contributed by atoms with E-state index in [1.807, 2.05) is 18.7 Å². The van der Waals surface area contributed by atoms with Crippen molar-refractivity contribution in [2.45, 2.75) is 32.4 Å². The molecule has 1 aliphatic rings. The molecule has 0 spiro atoms. The minimum Gasteiger partial charge on any atom is -0.370 e. The van der Waals surface area contributed by atoms with Crippen LogP contribution in [-0.4, -0.2) is 23.4 Å². The molecule has 98 valence electrons. The van der Waals surface area contributed by atoms with Gasteiger partial charge in [0.05, 0.1) is 12.6 Å².